The van der Waals surface area contributed by atoms with E-state index in [1.165, 1.54) is 36.4 Å². The third kappa shape index (κ3) is 7.00. The zero-order valence-electron chi connectivity index (χ0n) is 27.8. The second kappa shape index (κ2) is 14.9. The van der Waals surface area contributed by atoms with Gasteiger partial charge < -0.3 is 8.83 Å². The van der Waals surface area contributed by atoms with Crippen LogP contribution in [0.4, 0.5) is 0 Å². The fourth-order valence-corrected chi connectivity index (χ4v) is 9.36. The summed E-state index contributed by atoms with van der Waals surface area (Å²) in [6.07, 6.45) is 0. The maximum absolute atomic E-state index is 13.3. The van der Waals surface area contributed by atoms with Crippen LogP contribution in [-0.4, -0.2) is 16.8 Å². The number of hydrogen-bond acceptors (Lipinski definition) is 8. The van der Waals surface area contributed by atoms with E-state index in [2.05, 4.69) is 0 Å². The number of rotatable bonds is 6. The average molecular weight is 794 g/mol. The van der Waals surface area contributed by atoms with E-state index in [4.69, 9.17) is 32.0 Å². The molecule has 0 saturated carbocycles. The zero-order chi connectivity index (χ0) is 38.0. The van der Waals surface area contributed by atoms with Crippen LogP contribution >= 0.6 is 23.2 Å². The Bertz CT molecular complexity index is 2800. The lowest BCUT2D eigenvalue weighted by Gasteiger charge is -2.12. The van der Waals surface area contributed by atoms with Gasteiger partial charge in [-0.1, -0.05) is 120 Å². The lowest BCUT2D eigenvalue weighted by atomic mass is 10.0. The highest BCUT2D eigenvalue weighted by Crippen LogP contribution is 2.37. The van der Waals surface area contributed by atoms with Crippen LogP contribution in [0, 0.1) is 0 Å². The summed E-state index contributed by atoms with van der Waals surface area (Å²) < 4.78 is 63.7. The molecule has 0 bridgehead atoms. The van der Waals surface area contributed by atoms with Crippen molar-refractivity contribution in [2.75, 3.05) is 0 Å². The lowest BCUT2D eigenvalue weighted by Crippen LogP contribution is -2.16. The molecule has 0 amide bonds. The van der Waals surface area contributed by atoms with Crippen molar-refractivity contribution in [3.8, 4) is 22.3 Å². The van der Waals surface area contributed by atoms with Gasteiger partial charge in [0.2, 0.25) is 19.7 Å². The van der Waals surface area contributed by atoms with Crippen molar-refractivity contribution >= 4 is 64.8 Å². The van der Waals surface area contributed by atoms with Crippen molar-refractivity contribution in [1.82, 2.24) is 0 Å². The summed E-state index contributed by atoms with van der Waals surface area (Å²) in [5.41, 5.74) is 0.445. The van der Waals surface area contributed by atoms with Gasteiger partial charge in [-0.15, -0.1) is 0 Å². The first-order valence-electron chi connectivity index (χ1n) is 16.2. The molecule has 2 aromatic heterocycles. The highest BCUT2D eigenvalue weighted by molar-refractivity contribution is 7.92. The quantitative estimate of drug-likeness (QED) is 0.152. The zero-order valence-corrected chi connectivity index (χ0v) is 31.0. The van der Waals surface area contributed by atoms with E-state index in [0.717, 1.165) is 0 Å². The second-order valence-electron chi connectivity index (χ2n) is 11.8. The Hall–Kier alpha value is -5.78. The molecule has 0 aliphatic rings. The van der Waals surface area contributed by atoms with Crippen molar-refractivity contribution in [3.63, 3.8) is 0 Å². The molecule has 0 fully saturated rings. The molecule has 0 atom stereocenters. The first kappa shape index (κ1) is 36.6. The highest BCUT2D eigenvalue weighted by Gasteiger charge is 2.30. The van der Waals surface area contributed by atoms with E-state index in [1.54, 1.807) is 109 Å². The Labute approximate surface area is 319 Å². The van der Waals surface area contributed by atoms with Gasteiger partial charge in [-0.05, 0) is 59.7 Å². The molecule has 0 unspecified atom stereocenters. The minimum Gasteiger partial charge on any atom is -0.422 e. The molecule has 0 aliphatic heterocycles. The van der Waals surface area contributed by atoms with Crippen molar-refractivity contribution in [2.45, 2.75) is 19.6 Å². The summed E-state index contributed by atoms with van der Waals surface area (Å²) in [6.45, 7) is 0. The van der Waals surface area contributed by atoms with Gasteiger partial charge in [0, 0.05) is 44.1 Å². The van der Waals surface area contributed by atoms with Gasteiger partial charge in [0.1, 0.15) is 11.2 Å². The molecular formula is C42H26Cl2O8S2. The van der Waals surface area contributed by atoms with E-state index >= 15 is 0 Å². The van der Waals surface area contributed by atoms with Gasteiger partial charge in [-0.25, -0.2) is 26.4 Å². The standard InChI is InChI=1S/2C21H13ClO4S/c2*22-15-11-12-17-18(13-15)26-21(23)20(19(17)14-7-3-1-4-8-14)27(24,25)16-9-5-2-6-10-16/h2*1-13H. The molecule has 268 valence electrons. The molecule has 2 heterocycles. The third-order valence-electron chi connectivity index (χ3n) is 8.43. The van der Waals surface area contributed by atoms with Gasteiger partial charge in [-0.2, -0.15) is 0 Å². The number of sulfone groups is 2. The van der Waals surface area contributed by atoms with Crippen molar-refractivity contribution in [1.29, 1.82) is 0 Å². The molecule has 0 aliphatic carbocycles. The average Bonchev–Trinajstić information content (AvgIpc) is 3.18. The summed E-state index contributed by atoms with van der Waals surface area (Å²) in [7, 11) is -8.18. The summed E-state index contributed by atoms with van der Waals surface area (Å²) >= 11 is 12.0. The van der Waals surface area contributed by atoms with Crippen molar-refractivity contribution < 1.29 is 25.7 Å². The van der Waals surface area contributed by atoms with Crippen LogP contribution in [0.25, 0.3) is 44.2 Å². The van der Waals surface area contributed by atoms with Crippen LogP contribution in [0.3, 0.4) is 0 Å². The van der Waals surface area contributed by atoms with Crippen LogP contribution in [0.15, 0.2) is 196 Å². The predicted molar refractivity (Wildman–Crippen MR) is 210 cm³/mol. The summed E-state index contributed by atoms with van der Waals surface area (Å²) in [5.74, 6) is 0. The Morgan fingerprint density at radius 3 is 1.06 bits per heavy atom. The minimum atomic E-state index is -4.09. The molecule has 54 heavy (non-hydrogen) atoms. The molecule has 8 rings (SSSR count). The Balaban J connectivity index is 0.000000167. The van der Waals surface area contributed by atoms with Crippen LogP contribution in [-0.2, 0) is 19.7 Å². The van der Waals surface area contributed by atoms with Crippen LogP contribution in [0.1, 0.15) is 0 Å². The third-order valence-corrected chi connectivity index (χ3v) is 12.5. The number of hydrogen-bond donors (Lipinski definition) is 0. The van der Waals surface area contributed by atoms with Crippen LogP contribution in [0.5, 0.6) is 0 Å². The van der Waals surface area contributed by atoms with E-state index in [-0.39, 0.29) is 30.7 Å². The monoisotopic (exact) mass is 792 g/mol. The topological polar surface area (TPSA) is 129 Å². The van der Waals surface area contributed by atoms with Crippen molar-refractivity contribution in [3.05, 3.63) is 189 Å². The molecule has 6 aromatic carbocycles. The Morgan fingerprint density at radius 1 is 0.407 bits per heavy atom. The summed E-state index contributed by atoms with van der Waals surface area (Å²) in [6, 6.07) is 43.1. The smallest absolute Gasteiger partial charge is 0.356 e. The molecule has 12 heteroatoms. The summed E-state index contributed by atoms with van der Waals surface area (Å²) in [4.78, 5) is 24.8. The molecule has 8 nitrogen and oxygen atoms in total. The first-order valence-corrected chi connectivity index (χ1v) is 19.9. The van der Waals surface area contributed by atoms with E-state index in [0.29, 0.717) is 43.1 Å². The molecule has 8 aromatic rings. The van der Waals surface area contributed by atoms with E-state index < -0.39 is 30.9 Å². The maximum Gasteiger partial charge on any atom is 0.356 e. The van der Waals surface area contributed by atoms with E-state index in [1.807, 2.05) is 12.1 Å². The Kier molecular flexibility index (Phi) is 10.1. The highest BCUT2D eigenvalue weighted by atomic mass is 35.5. The van der Waals surface area contributed by atoms with E-state index in [9.17, 15) is 26.4 Å². The molecular weight excluding hydrogens is 767 g/mol. The van der Waals surface area contributed by atoms with Gasteiger partial charge >= 0.3 is 11.3 Å². The predicted octanol–water partition coefficient (Wildman–Crippen LogP) is 9.89. The first-order chi connectivity index (χ1) is 26.0. The van der Waals surface area contributed by atoms with Crippen LogP contribution in [0.2, 0.25) is 10.0 Å². The van der Waals surface area contributed by atoms with Gasteiger partial charge in [0.15, 0.2) is 9.79 Å². The second-order valence-corrected chi connectivity index (χ2v) is 16.5. The van der Waals surface area contributed by atoms with Gasteiger partial charge in [-0.3, -0.25) is 0 Å². The number of fused-ring (bicyclic) bond motifs is 2. The lowest BCUT2D eigenvalue weighted by molar-refractivity contribution is 0.532. The van der Waals surface area contributed by atoms with Crippen LogP contribution < -0.4 is 11.3 Å². The van der Waals surface area contributed by atoms with Crippen molar-refractivity contribution in [2.24, 2.45) is 0 Å². The molecule has 0 N–H and O–H groups in total. The molecule has 0 radical (unpaired) electrons. The Morgan fingerprint density at radius 2 is 0.722 bits per heavy atom. The summed E-state index contributed by atoms with van der Waals surface area (Å²) in [5, 5.41) is 1.78. The maximum atomic E-state index is 13.3. The number of benzene rings is 6. The van der Waals surface area contributed by atoms with Gasteiger partial charge in [0.25, 0.3) is 0 Å². The minimum absolute atomic E-state index is 0.0304. The largest absolute Gasteiger partial charge is 0.422 e. The fourth-order valence-electron chi connectivity index (χ4n) is 6.02. The normalized spacial score (nSPS) is 11.6. The fraction of sp³-hybridized carbons (Fsp3) is 0. The number of halogens is 2. The SMILES string of the molecule is O=c1oc2cc(Cl)ccc2c(-c2ccccc2)c1S(=O)(=O)c1ccccc1.O=c1oc2cc(Cl)ccc2c(-c2ccccc2)c1S(=O)(=O)c1ccccc1. The molecule has 0 spiro atoms. The van der Waals surface area contributed by atoms with Gasteiger partial charge in [0.05, 0.1) is 9.79 Å². The molecule has 0 saturated heterocycles.